The molecule has 4 nitrogen and oxygen atoms in total. The van der Waals surface area contributed by atoms with Crippen LogP contribution in [0.3, 0.4) is 0 Å². The first-order valence-electron chi connectivity index (χ1n) is 9.30. The molecule has 0 saturated carbocycles. The highest BCUT2D eigenvalue weighted by atomic mass is 35.5. The molecule has 1 amide bonds. The molecule has 0 bridgehead atoms. The van der Waals surface area contributed by atoms with Crippen molar-refractivity contribution in [1.82, 2.24) is 5.32 Å². The van der Waals surface area contributed by atoms with Crippen molar-refractivity contribution in [3.05, 3.63) is 99.7 Å². The summed E-state index contributed by atoms with van der Waals surface area (Å²) in [6.45, 7) is 0.456. The largest absolute Gasteiger partial charge is 0.493 e. The third-order valence-corrected chi connectivity index (χ3v) is 5.03. The van der Waals surface area contributed by atoms with Crippen LogP contribution in [0.2, 0.25) is 10.0 Å². The highest BCUT2D eigenvalue weighted by Crippen LogP contribution is 2.29. The maximum Gasteiger partial charge on any atom is 0.228 e. The Hall–Kier alpha value is -2.95. The number of rotatable bonds is 8. The SMILES string of the molecule is COc1cc(/C=C/NC(=O)Cc2ccc(Cl)c(Cl)c2)ccc1OCc1ccccc1. The van der Waals surface area contributed by atoms with Gasteiger partial charge in [0, 0.05) is 6.20 Å². The molecule has 0 spiro atoms. The van der Waals surface area contributed by atoms with Gasteiger partial charge in [0.1, 0.15) is 6.61 Å². The van der Waals surface area contributed by atoms with Gasteiger partial charge in [-0.05, 0) is 47.0 Å². The van der Waals surface area contributed by atoms with Gasteiger partial charge in [-0.25, -0.2) is 0 Å². The van der Waals surface area contributed by atoms with Gasteiger partial charge in [-0.2, -0.15) is 0 Å². The molecule has 6 heteroatoms. The molecule has 0 aliphatic rings. The van der Waals surface area contributed by atoms with Gasteiger partial charge in [0.05, 0.1) is 23.6 Å². The Morgan fingerprint density at radius 2 is 1.73 bits per heavy atom. The van der Waals surface area contributed by atoms with Crippen molar-refractivity contribution in [2.75, 3.05) is 7.11 Å². The summed E-state index contributed by atoms with van der Waals surface area (Å²) in [5, 5.41) is 3.64. The van der Waals surface area contributed by atoms with E-state index in [1.165, 1.54) is 0 Å². The minimum absolute atomic E-state index is 0.153. The fourth-order valence-corrected chi connectivity index (χ4v) is 3.08. The number of methoxy groups -OCH3 is 1. The summed E-state index contributed by atoms with van der Waals surface area (Å²) in [5.41, 5.74) is 2.74. The number of benzene rings is 3. The predicted octanol–water partition coefficient (Wildman–Crippen LogP) is 5.91. The van der Waals surface area contributed by atoms with E-state index in [0.717, 1.165) is 16.7 Å². The fraction of sp³-hybridized carbons (Fsp3) is 0.125. The van der Waals surface area contributed by atoms with Gasteiger partial charge < -0.3 is 14.8 Å². The van der Waals surface area contributed by atoms with Gasteiger partial charge >= 0.3 is 0 Å². The quantitative estimate of drug-likeness (QED) is 0.472. The van der Waals surface area contributed by atoms with E-state index in [0.29, 0.717) is 28.2 Å². The lowest BCUT2D eigenvalue weighted by molar-refractivity contribution is -0.119. The van der Waals surface area contributed by atoms with Crippen LogP contribution in [0.25, 0.3) is 6.08 Å². The molecular formula is C24H21Cl2NO3. The van der Waals surface area contributed by atoms with E-state index in [1.54, 1.807) is 37.6 Å². The number of amides is 1. The van der Waals surface area contributed by atoms with Gasteiger partial charge in [0.15, 0.2) is 11.5 Å². The molecule has 154 valence electrons. The lowest BCUT2D eigenvalue weighted by Gasteiger charge is -2.11. The lowest BCUT2D eigenvalue weighted by atomic mass is 10.1. The Labute approximate surface area is 186 Å². The molecule has 3 aromatic rings. The highest BCUT2D eigenvalue weighted by Gasteiger charge is 2.06. The van der Waals surface area contributed by atoms with Crippen molar-refractivity contribution < 1.29 is 14.3 Å². The molecule has 0 unspecified atom stereocenters. The third-order valence-electron chi connectivity index (χ3n) is 4.29. The molecule has 1 N–H and O–H groups in total. The summed E-state index contributed by atoms with van der Waals surface area (Å²) < 4.78 is 11.3. The molecule has 0 aliphatic carbocycles. The number of nitrogens with one attached hydrogen (secondary N) is 1. The zero-order valence-electron chi connectivity index (χ0n) is 16.4. The van der Waals surface area contributed by atoms with E-state index in [4.69, 9.17) is 32.7 Å². The van der Waals surface area contributed by atoms with Crippen LogP contribution in [0.5, 0.6) is 11.5 Å². The van der Waals surface area contributed by atoms with Crippen LogP contribution in [0, 0.1) is 0 Å². The van der Waals surface area contributed by atoms with Crippen LogP contribution >= 0.6 is 23.2 Å². The Bertz CT molecular complexity index is 1040. The zero-order chi connectivity index (χ0) is 21.3. The standard InChI is InChI=1S/C24H21Cl2NO3/c1-29-23-14-17(8-10-22(23)30-16-18-5-3-2-4-6-18)11-12-27-24(28)15-19-7-9-20(25)21(26)13-19/h2-14H,15-16H2,1H3,(H,27,28)/b12-11+. The molecule has 0 fully saturated rings. The number of hydrogen-bond acceptors (Lipinski definition) is 3. The molecular weight excluding hydrogens is 421 g/mol. The normalized spacial score (nSPS) is 10.8. The summed E-state index contributed by atoms with van der Waals surface area (Å²) in [6.07, 6.45) is 3.59. The molecule has 0 aromatic heterocycles. The fourth-order valence-electron chi connectivity index (χ4n) is 2.76. The number of hydrogen-bond donors (Lipinski definition) is 1. The highest BCUT2D eigenvalue weighted by molar-refractivity contribution is 6.42. The number of halogens is 2. The summed E-state index contributed by atoms with van der Waals surface area (Å²) in [5.74, 6) is 1.12. The van der Waals surface area contributed by atoms with Crippen LogP contribution in [0.1, 0.15) is 16.7 Å². The van der Waals surface area contributed by atoms with E-state index in [-0.39, 0.29) is 12.3 Å². The van der Waals surface area contributed by atoms with Crippen molar-refractivity contribution >= 4 is 35.2 Å². The second-order valence-corrected chi connectivity index (χ2v) is 7.33. The van der Waals surface area contributed by atoms with Crippen molar-refractivity contribution in [2.45, 2.75) is 13.0 Å². The van der Waals surface area contributed by atoms with E-state index in [2.05, 4.69) is 5.32 Å². The average molecular weight is 442 g/mol. The van der Waals surface area contributed by atoms with Gasteiger partial charge in [-0.3, -0.25) is 4.79 Å². The van der Waals surface area contributed by atoms with Crippen LogP contribution in [0.15, 0.2) is 72.9 Å². The van der Waals surface area contributed by atoms with E-state index >= 15 is 0 Å². The molecule has 3 aromatic carbocycles. The monoisotopic (exact) mass is 441 g/mol. The first-order chi connectivity index (χ1) is 14.5. The summed E-state index contributed by atoms with van der Waals surface area (Å²) in [6, 6.07) is 20.6. The number of carbonyl (C=O) groups excluding carboxylic acids is 1. The average Bonchev–Trinajstić information content (AvgIpc) is 2.76. The van der Waals surface area contributed by atoms with E-state index in [1.807, 2.05) is 48.5 Å². The van der Waals surface area contributed by atoms with Gasteiger partial charge in [-0.1, -0.05) is 65.7 Å². The number of ether oxygens (including phenoxy) is 2. The molecule has 0 saturated heterocycles. The minimum Gasteiger partial charge on any atom is -0.493 e. The third kappa shape index (κ3) is 6.28. The lowest BCUT2D eigenvalue weighted by Crippen LogP contribution is -2.19. The molecule has 0 radical (unpaired) electrons. The maximum absolute atomic E-state index is 12.1. The van der Waals surface area contributed by atoms with Crippen LogP contribution < -0.4 is 14.8 Å². The molecule has 0 heterocycles. The van der Waals surface area contributed by atoms with Crippen LogP contribution in [0.4, 0.5) is 0 Å². The molecule has 30 heavy (non-hydrogen) atoms. The predicted molar refractivity (Wildman–Crippen MR) is 121 cm³/mol. The summed E-state index contributed by atoms with van der Waals surface area (Å²) >= 11 is 11.9. The van der Waals surface area contributed by atoms with Gasteiger partial charge in [0.25, 0.3) is 0 Å². The first kappa shape index (κ1) is 21.8. The van der Waals surface area contributed by atoms with Gasteiger partial charge in [0.2, 0.25) is 5.91 Å². The minimum atomic E-state index is -0.153. The first-order valence-corrected chi connectivity index (χ1v) is 10.1. The van der Waals surface area contributed by atoms with Crippen molar-refractivity contribution in [1.29, 1.82) is 0 Å². The Morgan fingerprint density at radius 1 is 0.933 bits per heavy atom. The van der Waals surface area contributed by atoms with Crippen molar-refractivity contribution in [2.24, 2.45) is 0 Å². The van der Waals surface area contributed by atoms with Crippen LogP contribution in [-0.4, -0.2) is 13.0 Å². The Balaban J connectivity index is 1.57. The van der Waals surface area contributed by atoms with Gasteiger partial charge in [-0.15, -0.1) is 0 Å². The number of carbonyl (C=O) groups is 1. The smallest absolute Gasteiger partial charge is 0.228 e. The second-order valence-electron chi connectivity index (χ2n) is 6.51. The molecule has 3 rings (SSSR count). The molecule has 0 aliphatic heterocycles. The maximum atomic E-state index is 12.1. The Morgan fingerprint density at radius 3 is 2.47 bits per heavy atom. The van der Waals surface area contributed by atoms with Crippen molar-refractivity contribution in [3.63, 3.8) is 0 Å². The topological polar surface area (TPSA) is 47.6 Å². The summed E-state index contributed by atoms with van der Waals surface area (Å²) in [4.78, 5) is 12.1. The second kappa shape index (κ2) is 10.7. The summed E-state index contributed by atoms with van der Waals surface area (Å²) in [7, 11) is 1.59. The van der Waals surface area contributed by atoms with Crippen molar-refractivity contribution in [3.8, 4) is 11.5 Å². The zero-order valence-corrected chi connectivity index (χ0v) is 17.9. The van der Waals surface area contributed by atoms with E-state index in [9.17, 15) is 4.79 Å². The van der Waals surface area contributed by atoms with Crippen LogP contribution in [-0.2, 0) is 17.8 Å². The molecule has 0 atom stereocenters. The Kier molecular flexibility index (Phi) is 7.77. The van der Waals surface area contributed by atoms with E-state index < -0.39 is 0 Å².